The van der Waals surface area contributed by atoms with Crippen LogP contribution in [0.4, 0.5) is 5.69 Å². The Morgan fingerprint density at radius 1 is 0.879 bits per heavy atom. The molecule has 0 saturated carbocycles. The monoisotopic (exact) mass is 489 g/mol. The summed E-state index contributed by atoms with van der Waals surface area (Å²) in [5, 5.41) is 7.87. The number of methoxy groups -OCH3 is 1. The molecular weight excluding hydrogens is 466 g/mol. The molecule has 0 aliphatic carbocycles. The van der Waals surface area contributed by atoms with Gasteiger partial charge >= 0.3 is 0 Å². The van der Waals surface area contributed by atoms with Gasteiger partial charge in [0.2, 0.25) is 10.0 Å². The zero-order chi connectivity index (χ0) is 24.2. The molecule has 1 unspecified atom stereocenters. The molecule has 0 fully saturated rings. The van der Waals surface area contributed by atoms with Crippen molar-refractivity contribution < 1.29 is 26.4 Å². The maximum atomic E-state index is 12.7. The van der Waals surface area contributed by atoms with Gasteiger partial charge in [-0.1, -0.05) is 24.3 Å². The average Bonchev–Trinajstić information content (AvgIpc) is 2.78. The van der Waals surface area contributed by atoms with E-state index in [2.05, 4.69) is 10.0 Å². The number of hydrogen-bond donors (Lipinski definition) is 3. The summed E-state index contributed by atoms with van der Waals surface area (Å²) in [5.41, 5.74) is 1.24. The highest BCUT2D eigenvalue weighted by Crippen LogP contribution is 2.26. The fraction of sp³-hybridized carbons (Fsp3) is 0.136. The predicted octanol–water partition coefficient (Wildman–Crippen LogP) is 2.63. The normalized spacial score (nSPS) is 12.6. The SMILES string of the molecule is COc1ccccc1NS(=O)(=O)c1ccc(C(=O)NC(C)c2ccc(S(N)(=O)=O)cc2)cc1. The van der Waals surface area contributed by atoms with Gasteiger partial charge in [0.15, 0.2) is 0 Å². The predicted molar refractivity (Wildman–Crippen MR) is 124 cm³/mol. The van der Waals surface area contributed by atoms with E-state index in [0.29, 0.717) is 17.0 Å². The van der Waals surface area contributed by atoms with Crippen LogP contribution >= 0.6 is 0 Å². The van der Waals surface area contributed by atoms with Gasteiger partial charge in [-0.25, -0.2) is 22.0 Å². The average molecular weight is 490 g/mol. The number of para-hydroxylation sites is 2. The van der Waals surface area contributed by atoms with Gasteiger partial charge in [-0.3, -0.25) is 9.52 Å². The number of nitrogens with one attached hydrogen (secondary N) is 2. The van der Waals surface area contributed by atoms with E-state index < -0.39 is 32.0 Å². The molecule has 0 saturated heterocycles. The molecule has 0 aromatic heterocycles. The first kappa shape index (κ1) is 24.2. The lowest BCUT2D eigenvalue weighted by Crippen LogP contribution is -2.26. The zero-order valence-corrected chi connectivity index (χ0v) is 19.5. The van der Waals surface area contributed by atoms with Crippen LogP contribution in [-0.4, -0.2) is 29.9 Å². The summed E-state index contributed by atoms with van der Waals surface area (Å²) >= 11 is 0. The molecule has 0 heterocycles. The fourth-order valence-corrected chi connectivity index (χ4v) is 4.61. The minimum atomic E-state index is -3.89. The highest BCUT2D eigenvalue weighted by molar-refractivity contribution is 7.92. The topological polar surface area (TPSA) is 145 Å². The van der Waals surface area contributed by atoms with E-state index in [4.69, 9.17) is 9.88 Å². The number of rotatable bonds is 8. The number of primary sulfonamides is 1. The molecular formula is C22H23N3O6S2. The molecule has 174 valence electrons. The van der Waals surface area contributed by atoms with Gasteiger partial charge in [0, 0.05) is 5.56 Å². The minimum absolute atomic E-state index is 0.0170. The van der Waals surface area contributed by atoms with E-state index in [9.17, 15) is 21.6 Å². The van der Waals surface area contributed by atoms with Gasteiger partial charge in [-0.05, 0) is 61.0 Å². The molecule has 33 heavy (non-hydrogen) atoms. The summed E-state index contributed by atoms with van der Waals surface area (Å²) in [4.78, 5) is 12.5. The van der Waals surface area contributed by atoms with E-state index >= 15 is 0 Å². The number of nitrogens with two attached hydrogens (primary N) is 1. The molecule has 9 nitrogen and oxygen atoms in total. The quantitative estimate of drug-likeness (QED) is 0.444. The molecule has 3 aromatic rings. The maximum absolute atomic E-state index is 12.7. The Hall–Kier alpha value is -3.41. The van der Waals surface area contributed by atoms with Gasteiger partial charge in [-0.2, -0.15) is 0 Å². The number of hydrogen-bond acceptors (Lipinski definition) is 6. The zero-order valence-electron chi connectivity index (χ0n) is 17.8. The van der Waals surface area contributed by atoms with Crippen molar-refractivity contribution in [3.63, 3.8) is 0 Å². The van der Waals surface area contributed by atoms with Crippen LogP contribution < -0.4 is 19.9 Å². The Morgan fingerprint density at radius 3 is 2.03 bits per heavy atom. The number of carbonyl (C=O) groups excluding carboxylic acids is 1. The Balaban J connectivity index is 1.70. The van der Waals surface area contributed by atoms with E-state index in [1.165, 1.54) is 43.5 Å². The van der Waals surface area contributed by atoms with E-state index in [1.807, 2.05) is 0 Å². The van der Waals surface area contributed by atoms with Crippen molar-refractivity contribution in [2.24, 2.45) is 5.14 Å². The Kier molecular flexibility index (Phi) is 7.06. The molecule has 1 amide bonds. The van der Waals surface area contributed by atoms with E-state index in [0.717, 1.165) is 0 Å². The summed E-state index contributed by atoms with van der Waals surface area (Å²) in [7, 11) is -6.25. The number of amides is 1. The Labute approximate surface area is 192 Å². The molecule has 0 radical (unpaired) electrons. The second-order valence-corrected chi connectivity index (χ2v) is 10.4. The van der Waals surface area contributed by atoms with Crippen LogP contribution in [0.2, 0.25) is 0 Å². The number of carbonyl (C=O) groups is 1. The van der Waals surface area contributed by atoms with Crippen LogP contribution in [0.3, 0.4) is 0 Å². The standard InChI is InChI=1S/C22H23N3O6S2/c1-15(16-7-11-18(12-8-16)32(23,27)28)24-22(26)17-9-13-19(14-10-17)33(29,30)25-20-5-3-4-6-21(20)31-2/h3-15,25H,1-2H3,(H,24,26)(H2,23,27,28). The third-order valence-electron chi connectivity index (χ3n) is 4.83. The second-order valence-electron chi connectivity index (χ2n) is 7.14. The van der Waals surface area contributed by atoms with Gasteiger partial charge in [-0.15, -0.1) is 0 Å². The molecule has 4 N–H and O–H groups in total. The smallest absolute Gasteiger partial charge is 0.262 e. The number of sulfonamides is 2. The summed E-state index contributed by atoms with van der Waals surface area (Å²) in [6, 6.07) is 17.5. The van der Waals surface area contributed by atoms with Gasteiger partial charge < -0.3 is 10.1 Å². The van der Waals surface area contributed by atoms with Crippen molar-refractivity contribution in [1.29, 1.82) is 0 Å². The lowest BCUT2D eigenvalue weighted by Gasteiger charge is -2.15. The minimum Gasteiger partial charge on any atom is -0.495 e. The van der Waals surface area contributed by atoms with Crippen LogP contribution in [0.1, 0.15) is 28.9 Å². The van der Waals surface area contributed by atoms with E-state index in [1.54, 1.807) is 43.3 Å². The molecule has 3 rings (SSSR count). The molecule has 0 spiro atoms. The van der Waals surface area contributed by atoms with Crippen molar-refractivity contribution in [2.75, 3.05) is 11.8 Å². The van der Waals surface area contributed by atoms with Crippen LogP contribution in [0.15, 0.2) is 82.6 Å². The molecule has 1 atom stereocenters. The van der Waals surface area contributed by atoms with Gasteiger partial charge in [0.25, 0.3) is 15.9 Å². The first-order valence-electron chi connectivity index (χ1n) is 9.71. The van der Waals surface area contributed by atoms with Crippen LogP contribution in [-0.2, 0) is 20.0 Å². The van der Waals surface area contributed by atoms with Gasteiger partial charge in [0.05, 0.1) is 28.6 Å². The molecule has 0 aliphatic heterocycles. The first-order chi connectivity index (χ1) is 15.5. The summed E-state index contributed by atoms with van der Waals surface area (Å²) in [6.45, 7) is 1.74. The lowest BCUT2D eigenvalue weighted by molar-refractivity contribution is 0.0939. The molecule has 0 bridgehead atoms. The second kappa shape index (κ2) is 9.61. The highest BCUT2D eigenvalue weighted by atomic mass is 32.2. The molecule has 3 aromatic carbocycles. The Morgan fingerprint density at radius 2 is 1.45 bits per heavy atom. The van der Waals surface area contributed by atoms with E-state index in [-0.39, 0.29) is 15.4 Å². The van der Waals surface area contributed by atoms with Crippen molar-refractivity contribution in [3.8, 4) is 5.75 Å². The Bertz CT molecular complexity index is 1350. The third kappa shape index (κ3) is 5.89. The third-order valence-corrected chi connectivity index (χ3v) is 7.14. The summed E-state index contributed by atoms with van der Waals surface area (Å²) in [5.74, 6) is -0.0391. The number of anilines is 1. The van der Waals surface area contributed by atoms with Crippen molar-refractivity contribution >= 4 is 31.6 Å². The number of ether oxygens (including phenoxy) is 1. The highest BCUT2D eigenvalue weighted by Gasteiger charge is 2.18. The van der Waals surface area contributed by atoms with Crippen molar-refractivity contribution in [3.05, 3.63) is 83.9 Å². The first-order valence-corrected chi connectivity index (χ1v) is 12.7. The maximum Gasteiger partial charge on any atom is 0.262 e. The van der Waals surface area contributed by atoms with Crippen LogP contribution in [0, 0.1) is 0 Å². The van der Waals surface area contributed by atoms with Crippen molar-refractivity contribution in [1.82, 2.24) is 5.32 Å². The molecule has 11 heteroatoms. The summed E-state index contributed by atoms with van der Waals surface area (Å²) in [6.07, 6.45) is 0. The van der Waals surface area contributed by atoms with Crippen LogP contribution in [0.5, 0.6) is 5.75 Å². The van der Waals surface area contributed by atoms with Crippen LogP contribution in [0.25, 0.3) is 0 Å². The van der Waals surface area contributed by atoms with Gasteiger partial charge in [0.1, 0.15) is 5.75 Å². The summed E-state index contributed by atoms with van der Waals surface area (Å²) < 4.78 is 55.7. The lowest BCUT2D eigenvalue weighted by atomic mass is 10.1. The largest absolute Gasteiger partial charge is 0.495 e. The molecule has 0 aliphatic rings. The fourth-order valence-electron chi connectivity index (χ4n) is 3.03. The van der Waals surface area contributed by atoms with Crippen molar-refractivity contribution in [2.45, 2.75) is 22.8 Å². The number of benzene rings is 3.